The lowest BCUT2D eigenvalue weighted by Gasteiger charge is -2.16. The Balaban J connectivity index is 2.44. The molecule has 1 fully saturated rings. The predicted molar refractivity (Wildman–Crippen MR) is 31.2 cm³/mol. The van der Waals surface area contributed by atoms with Crippen LogP contribution in [0.2, 0.25) is 0 Å². The van der Waals surface area contributed by atoms with Crippen molar-refractivity contribution in [1.82, 2.24) is 10.2 Å². The van der Waals surface area contributed by atoms with E-state index in [2.05, 4.69) is 12.2 Å². The Hall–Kier alpha value is -0.120. The molecule has 1 aliphatic rings. The van der Waals surface area contributed by atoms with Crippen molar-refractivity contribution in [3.8, 4) is 0 Å². The van der Waals surface area contributed by atoms with Crippen molar-refractivity contribution < 1.29 is 5.11 Å². The summed E-state index contributed by atoms with van der Waals surface area (Å²) in [5, 5.41) is 11.9. The summed E-state index contributed by atoms with van der Waals surface area (Å²) in [6, 6.07) is 0.463. The summed E-state index contributed by atoms with van der Waals surface area (Å²) in [7, 11) is 1.90. The molecule has 2 atom stereocenters. The second-order valence-electron chi connectivity index (χ2n) is 2.30. The Morgan fingerprint density at radius 2 is 2.38 bits per heavy atom. The van der Waals surface area contributed by atoms with Crippen molar-refractivity contribution in [2.24, 2.45) is 0 Å². The molecule has 0 bridgehead atoms. The lowest BCUT2D eigenvalue weighted by molar-refractivity contribution is 0.0262. The van der Waals surface area contributed by atoms with Crippen molar-refractivity contribution in [2.45, 2.75) is 19.3 Å². The van der Waals surface area contributed by atoms with Crippen molar-refractivity contribution in [1.29, 1.82) is 0 Å². The third kappa shape index (κ3) is 0.844. The van der Waals surface area contributed by atoms with Crippen LogP contribution < -0.4 is 5.32 Å². The fourth-order valence-electron chi connectivity index (χ4n) is 0.805. The van der Waals surface area contributed by atoms with E-state index >= 15 is 0 Å². The van der Waals surface area contributed by atoms with Gasteiger partial charge in [0, 0.05) is 12.6 Å². The molecule has 8 heavy (non-hydrogen) atoms. The highest BCUT2D eigenvalue weighted by molar-refractivity contribution is 4.74. The lowest BCUT2D eigenvalue weighted by Crippen LogP contribution is -2.34. The molecule has 1 rings (SSSR count). The van der Waals surface area contributed by atoms with Gasteiger partial charge in [-0.2, -0.15) is 0 Å². The second-order valence-corrected chi connectivity index (χ2v) is 2.30. The van der Waals surface area contributed by atoms with Crippen LogP contribution in [0.5, 0.6) is 0 Å². The van der Waals surface area contributed by atoms with Gasteiger partial charge in [0.05, 0.1) is 0 Å². The molecule has 0 amide bonds. The molecular formula is C5H12N2O. The van der Waals surface area contributed by atoms with E-state index in [0.717, 1.165) is 6.54 Å². The minimum Gasteiger partial charge on any atom is -0.365 e. The SMILES string of the molecule is CC1CNC(O)N1C. The summed E-state index contributed by atoms with van der Waals surface area (Å²) in [6.07, 6.45) is -0.426. The van der Waals surface area contributed by atoms with Gasteiger partial charge in [0.2, 0.25) is 0 Å². The Bertz CT molecular complexity index is 76.5. The fourth-order valence-corrected chi connectivity index (χ4v) is 0.805. The molecule has 0 saturated carbocycles. The summed E-state index contributed by atoms with van der Waals surface area (Å²) in [5.41, 5.74) is 0. The van der Waals surface area contributed by atoms with Crippen LogP contribution in [0.1, 0.15) is 6.92 Å². The quantitative estimate of drug-likeness (QED) is 0.434. The standard InChI is InChI=1S/C5H12N2O/c1-4-3-6-5(8)7(4)2/h4-6,8H,3H2,1-2H3. The Morgan fingerprint density at radius 3 is 2.50 bits per heavy atom. The molecule has 0 aromatic heterocycles. The molecule has 48 valence electrons. The van der Waals surface area contributed by atoms with Gasteiger partial charge in [0.25, 0.3) is 0 Å². The van der Waals surface area contributed by atoms with Gasteiger partial charge in [-0.25, -0.2) is 0 Å². The van der Waals surface area contributed by atoms with Gasteiger partial charge in [0.15, 0.2) is 6.35 Å². The van der Waals surface area contributed by atoms with E-state index in [1.807, 2.05) is 11.9 Å². The summed E-state index contributed by atoms with van der Waals surface area (Å²) >= 11 is 0. The van der Waals surface area contributed by atoms with Crippen molar-refractivity contribution in [3.63, 3.8) is 0 Å². The Kier molecular flexibility index (Phi) is 1.51. The van der Waals surface area contributed by atoms with Crippen LogP contribution in [0.25, 0.3) is 0 Å². The third-order valence-corrected chi connectivity index (χ3v) is 1.68. The van der Waals surface area contributed by atoms with Crippen LogP contribution in [0.15, 0.2) is 0 Å². The smallest absolute Gasteiger partial charge is 0.163 e. The molecule has 0 spiro atoms. The number of nitrogens with zero attached hydrogens (tertiary/aromatic N) is 1. The molecule has 0 aromatic carbocycles. The first-order valence-electron chi connectivity index (χ1n) is 2.85. The highest BCUT2D eigenvalue weighted by atomic mass is 16.3. The van der Waals surface area contributed by atoms with E-state index in [1.165, 1.54) is 0 Å². The van der Waals surface area contributed by atoms with Gasteiger partial charge in [-0.15, -0.1) is 0 Å². The van der Waals surface area contributed by atoms with E-state index in [0.29, 0.717) is 6.04 Å². The maximum Gasteiger partial charge on any atom is 0.163 e. The van der Waals surface area contributed by atoms with Gasteiger partial charge in [-0.1, -0.05) is 0 Å². The largest absolute Gasteiger partial charge is 0.365 e. The number of nitrogens with one attached hydrogen (secondary N) is 1. The topological polar surface area (TPSA) is 35.5 Å². The summed E-state index contributed by atoms with van der Waals surface area (Å²) in [5.74, 6) is 0. The summed E-state index contributed by atoms with van der Waals surface area (Å²) in [6.45, 7) is 2.96. The van der Waals surface area contributed by atoms with Crippen LogP contribution in [0.4, 0.5) is 0 Å². The van der Waals surface area contributed by atoms with Crippen LogP contribution in [0.3, 0.4) is 0 Å². The highest BCUT2D eigenvalue weighted by Gasteiger charge is 2.23. The average molecular weight is 116 g/mol. The van der Waals surface area contributed by atoms with E-state index in [4.69, 9.17) is 5.11 Å². The molecule has 3 nitrogen and oxygen atoms in total. The number of rotatable bonds is 0. The molecular weight excluding hydrogens is 104 g/mol. The maximum atomic E-state index is 8.98. The van der Waals surface area contributed by atoms with Crippen LogP contribution >= 0.6 is 0 Å². The first-order valence-corrected chi connectivity index (χ1v) is 2.85. The van der Waals surface area contributed by atoms with Crippen molar-refractivity contribution in [2.75, 3.05) is 13.6 Å². The second kappa shape index (κ2) is 2.01. The number of aliphatic hydroxyl groups excluding tert-OH is 1. The zero-order valence-corrected chi connectivity index (χ0v) is 5.26. The molecule has 0 radical (unpaired) electrons. The van der Waals surface area contributed by atoms with Gasteiger partial charge in [-0.05, 0) is 14.0 Å². The van der Waals surface area contributed by atoms with E-state index in [9.17, 15) is 0 Å². The molecule has 0 aliphatic carbocycles. The maximum absolute atomic E-state index is 8.98. The molecule has 2 unspecified atom stereocenters. The van der Waals surface area contributed by atoms with E-state index in [1.54, 1.807) is 0 Å². The zero-order chi connectivity index (χ0) is 6.15. The predicted octanol–water partition coefficient (Wildman–Crippen LogP) is -0.814. The zero-order valence-electron chi connectivity index (χ0n) is 5.26. The Labute approximate surface area is 49.3 Å². The first-order chi connectivity index (χ1) is 3.72. The van der Waals surface area contributed by atoms with Gasteiger partial charge >= 0.3 is 0 Å². The van der Waals surface area contributed by atoms with Crippen LogP contribution in [-0.4, -0.2) is 36.0 Å². The van der Waals surface area contributed by atoms with Gasteiger partial charge in [-0.3, -0.25) is 10.2 Å². The monoisotopic (exact) mass is 116 g/mol. The number of hydrogen-bond donors (Lipinski definition) is 2. The molecule has 2 N–H and O–H groups in total. The van der Waals surface area contributed by atoms with E-state index < -0.39 is 6.35 Å². The van der Waals surface area contributed by atoms with Crippen molar-refractivity contribution in [3.05, 3.63) is 0 Å². The fraction of sp³-hybridized carbons (Fsp3) is 1.00. The van der Waals surface area contributed by atoms with Gasteiger partial charge < -0.3 is 5.11 Å². The highest BCUT2D eigenvalue weighted by Crippen LogP contribution is 2.03. The minimum absolute atomic E-state index is 0.426. The minimum atomic E-state index is -0.426. The average Bonchev–Trinajstić information content (AvgIpc) is 1.98. The molecule has 1 saturated heterocycles. The van der Waals surface area contributed by atoms with E-state index in [-0.39, 0.29) is 0 Å². The number of likely N-dealkylation sites (N-methyl/N-ethyl adjacent to an activating group) is 1. The summed E-state index contributed by atoms with van der Waals surface area (Å²) in [4.78, 5) is 1.89. The molecule has 0 aromatic rings. The number of hydrogen-bond acceptors (Lipinski definition) is 3. The number of aliphatic hydroxyl groups is 1. The van der Waals surface area contributed by atoms with Crippen molar-refractivity contribution >= 4 is 0 Å². The molecule has 1 heterocycles. The third-order valence-electron chi connectivity index (χ3n) is 1.68. The first kappa shape index (κ1) is 6.01. The normalized spacial score (nSPS) is 40.9. The van der Waals surface area contributed by atoms with Crippen LogP contribution in [-0.2, 0) is 0 Å². The molecule has 3 heteroatoms. The van der Waals surface area contributed by atoms with Crippen LogP contribution in [0, 0.1) is 0 Å². The van der Waals surface area contributed by atoms with Gasteiger partial charge in [0.1, 0.15) is 0 Å². The Morgan fingerprint density at radius 1 is 1.75 bits per heavy atom. The molecule has 1 aliphatic heterocycles. The summed E-state index contributed by atoms with van der Waals surface area (Å²) < 4.78 is 0. The lowest BCUT2D eigenvalue weighted by atomic mass is 10.3.